The number of carbonyl (C=O) groups is 1. The molecule has 2 aromatic carbocycles. The number of halogens is 1. The Hall–Kier alpha value is -2.61. The number of nitrogens with zero attached hydrogens (tertiary/aromatic N) is 3. The Kier molecular flexibility index (Phi) is 7.40. The standard InChI is InChI=1S/C23H23ClN4O2S/c24-19-15-20(28-11-13-30-14-12-28)26-23(25-19)31-16-21(29)27-22(17-7-3-1-4-8-17)18-9-5-2-6-10-18/h1-10,15,22H,11-14,16H2,(H,27,29). The van der Waals surface area contributed by atoms with Crippen LogP contribution in [0.4, 0.5) is 5.82 Å². The summed E-state index contributed by atoms with van der Waals surface area (Å²) in [4.78, 5) is 23.8. The zero-order valence-corrected chi connectivity index (χ0v) is 18.5. The van der Waals surface area contributed by atoms with Gasteiger partial charge in [-0.3, -0.25) is 4.79 Å². The summed E-state index contributed by atoms with van der Waals surface area (Å²) in [6, 6.07) is 21.4. The van der Waals surface area contributed by atoms with Gasteiger partial charge in [0.1, 0.15) is 11.0 Å². The summed E-state index contributed by atoms with van der Waals surface area (Å²) in [5.74, 6) is 0.857. The molecule has 1 aliphatic heterocycles. The number of rotatable bonds is 7. The third-order valence-electron chi connectivity index (χ3n) is 4.90. The number of hydrogen-bond acceptors (Lipinski definition) is 6. The summed E-state index contributed by atoms with van der Waals surface area (Å²) in [6.45, 7) is 2.83. The normalized spacial score (nSPS) is 13.9. The van der Waals surface area contributed by atoms with E-state index in [-0.39, 0.29) is 17.7 Å². The number of morpholine rings is 1. The minimum atomic E-state index is -0.223. The molecule has 31 heavy (non-hydrogen) atoms. The molecule has 6 nitrogen and oxygen atoms in total. The highest BCUT2D eigenvalue weighted by atomic mass is 35.5. The number of benzene rings is 2. The van der Waals surface area contributed by atoms with Crippen LogP contribution < -0.4 is 10.2 Å². The molecule has 0 spiro atoms. The zero-order chi connectivity index (χ0) is 21.5. The highest BCUT2D eigenvalue weighted by Crippen LogP contribution is 2.24. The van der Waals surface area contributed by atoms with Gasteiger partial charge in [0.25, 0.3) is 0 Å². The second kappa shape index (κ2) is 10.6. The van der Waals surface area contributed by atoms with Gasteiger partial charge in [-0.2, -0.15) is 0 Å². The minimum Gasteiger partial charge on any atom is -0.378 e. The van der Waals surface area contributed by atoms with E-state index in [9.17, 15) is 4.79 Å². The van der Waals surface area contributed by atoms with Crippen molar-refractivity contribution in [2.24, 2.45) is 0 Å². The van der Waals surface area contributed by atoms with Gasteiger partial charge in [0.05, 0.1) is 25.0 Å². The Balaban J connectivity index is 1.43. The van der Waals surface area contributed by atoms with Gasteiger partial charge < -0.3 is 15.0 Å². The molecule has 0 bridgehead atoms. The number of carbonyl (C=O) groups excluding carboxylic acids is 1. The number of hydrogen-bond donors (Lipinski definition) is 1. The summed E-state index contributed by atoms with van der Waals surface area (Å²) in [5.41, 5.74) is 2.06. The van der Waals surface area contributed by atoms with Crippen molar-refractivity contribution >= 4 is 35.1 Å². The molecule has 1 amide bonds. The molecule has 4 rings (SSSR count). The Morgan fingerprint density at radius 2 is 1.65 bits per heavy atom. The topological polar surface area (TPSA) is 67.4 Å². The van der Waals surface area contributed by atoms with Crippen LogP contribution in [0.15, 0.2) is 71.9 Å². The van der Waals surface area contributed by atoms with Gasteiger partial charge in [0, 0.05) is 19.2 Å². The molecule has 0 atom stereocenters. The highest BCUT2D eigenvalue weighted by Gasteiger charge is 2.18. The van der Waals surface area contributed by atoms with Crippen LogP contribution in [0.25, 0.3) is 0 Å². The molecule has 8 heteroatoms. The van der Waals surface area contributed by atoms with Crippen molar-refractivity contribution in [2.45, 2.75) is 11.2 Å². The van der Waals surface area contributed by atoms with Crippen molar-refractivity contribution in [3.8, 4) is 0 Å². The molecule has 0 saturated carbocycles. The van der Waals surface area contributed by atoms with E-state index >= 15 is 0 Å². The van der Waals surface area contributed by atoms with Crippen molar-refractivity contribution in [3.05, 3.63) is 83.0 Å². The number of aromatic nitrogens is 2. The average molecular weight is 455 g/mol. The smallest absolute Gasteiger partial charge is 0.231 e. The molecule has 3 aromatic rings. The van der Waals surface area contributed by atoms with Crippen molar-refractivity contribution < 1.29 is 9.53 Å². The van der Waals surface area contributed by atoms with E-state index in [2.05, 4.69) is 20.2 Å². The molecule has 160 valence electrons. The number of ether oxygens (including phenoxy) is 1. The number of thioether (sulfide) groups is 1. The fraction of sp³-hybridized carbons (Fsp3) is 0.261. The van der Waals surface area contributed by atoms with Crippen LogP contribution in [0, 0.1) is 0 Å². The lowest BCUT2D eigenvalue weighted by Gasteiger charge is -2.27. The van der Waals surface area contributed by atoms with Crippen molar-refractivity contribution in [1.29, 1.82) is 0 Å². The van der Waals surface area contributed by atoms with Crippen molar-refractivity contribution in [2.75, 3.05) is 37.0 Å². The molecule has 1 N–H and O–H groups in total. The van der Waals surface area contributed by atoms with Gasteiger partial charge in [0.15, 0.2) is 5.16 Å². The van der Waals surface area contributed by atoms with E-state index in [0.29, 0.717) is 23.5 Å². The first-order valence-electron chi connectivity index (χ1n) is 10.1. The summed E-state index contributed by atoms with van der Waals surface area (Å²) in [5, 5.41) is 3.99. The van der Waals surface area contributed by atoms with Gasteiger partial charge in [-0.1, -0.05) is 84.0 Å². The van der Waals surface area contributed by atoms with E-state index in [1.54, 1.807) is 6.07 Å². The monoisotopic (exact) mass is 454 g/mol. The first-order chi connectivity index (χ1) is 15.2. The van der Waals surface area contributed by atoms with Crippen LogP contribution in [0.3, 0.4) is 0 Å². The predicted octanol–water partition coefficient (Wildman–Crippen LogP) is 3.96. The summed E-state index contributed by atoms with van der Waals surface area (Å²) in [7, 11) is 0. The molecule has 1 fully saturated rings. The lowest BCUT2D eigenvalue weighted by atomic mass is 9.99. The first kappa shape index (κ1) is 21.6. The van der Waals surface area contributed by atoms with Gasteiger partial charge in [-0.15, -0.1) is 0 Å². The second-order valence-corrected chi connectivity index (χ2v) is 8.37. The summed E-state index contributed by atoms with van der Waals surface area (Å²) >= 11 is 7.48. The van der Waals surface area contributed by atoms with Crippen LogP contribution in [0.1, 0.15) is 17.2 Å². The van der Waals surface area contributed by atoms with E-state index in [1.807, 2.05) is 60.7 Å². The summed E-state index contributed by atoms with van der Waals surface area (Å²) in [6.07, 6.45) is 0. The maximum absolute atomic E-state index is 12.8. The highest BCUT2D eigenvalue weighted by molar-refractivity contribution is 7.99. The molecule has 2 heterocycles. The number of anilines is 1. The molecule has 1 aliphatic rings. The van der Waals surface area contributed by atoms with Gasteiger partial charge in [-0.05, 0) is 11.1 Å². The average Bonchev–Trinajstić information content (AvgIpc) is 2.82. The first-order valence-corrected chi connectivity index (χ1v) is 11.4. The Morgan fingerprint density at radius 1 is 1.03 bits per heavy atom. The van der Waals surface area contributed by atoms with Gasteiger partial charge in [0.2, 0.25) is 5.91 Å². The van der Waals surface area contributed by atoms with Crippen LogP contribution in [-0.4, -0.2) is 47.9 Å². The lowest BCUT2D eigenvalue weighted by molar-refractivity contribution is -0.119. The minimum absolute atomic E-state index is 0.0980. The SMILES string of the molecule is O=C(CSc1nc(Cl)cc(N2CCOCC2)n1)NC(c1ccccc1)c1ccccc1. The van der Waals surface area contributed by atoms with Crippen LogP contribution in [0.5, 0.6) is 0 Å². The largest absolute Gasteiger partial charge is 0.378 e. The van der Waals surface area contributed by atoms with Crippen molar-refractivity contribution in [3.63, 3.8) is 0 Å². The Labute approximate surface area is 191 Å². The molecular weight excluding hydrogens is 432 g/mol. The second-order valence-electron chi connectivity index (χ2n) is 7.04. The molecule has 1 saturated heterocycles. The fourth-order valence-electron chi connectivity index (χ4n) is 3.39. The predicted molar refractivity (Wildman–Crippen MR) is 124 cm³/mol. The van der Waals surface area contributed by atoms with E-state index in [1.165, 1.54) is 11.8 Å². The molecular formula is C23H23ClN4O2S. The Bertz CT molecular complexity index is 961. The number of amides is 1. The molecule has 0 aliphatic carbocycles. The zero-order valence-electron chi connectivity index (χ0n) is 16.9. The van der Waals surface area contributed by atoms with Crippen LogP contribution in [-0.2, 0) is 9.53 Å². The van der Waals surface area contributed by atoms with E-state index in [4.69, 9.17) is 16.3 Å². The summed E-state index contributed by atoms with van der Waals surface area (Å²) < 4.78 is 5.39. The number of nitrogens with one attached hydrogen (secondary N) is 1. The molecule has 1 aromatic heterocycles. The van der Waals surface area contributed by atoms with Gasteiger partial charge >= 0.3 is 0 Å². The maximum atomic E-state index is 12.8. The maximum Gasteiger partial charge on any atom is 0.231 e. The van der Waals surface area contributed by atoms with E-state index < -0.39 is 0 Å². The van der Waals surface area contributed by atoms with Crippen LogP contribution in [0.2, 0.25) is 5.15 Å². The van der Waals surface area contributed by atoms with Crippen molar-refractivity contribution in [1.82, 2.24) is 15.3 Å². The fourth-order valence-corrected chi connectivity index (χ4v) is 4.28. The third kappa shape index (κ3) is 5.97. The third-order valence-corrected chi connectivity index (χ3v) is 5.94. The molecule has 0 radical (unpaired) electrons. The molecule has 0 unspecified atom stereocenters. The Morgan fingerprint density at radius 3 is 2.26 bits per heavy atom. The van der Waals surface area contributed by atoms with E-state index in [0.717, 1.165) is 30.0 Å². The quantitative estimate of drug-likeness (QED) is 0.331. The lowest BCUT2D eigenvalue weighted by Crippen LogP contribution is -2.36. The van der Waals surface area contributed by atoms with Gasteiger partial charge in [-0.25, -0.2) is 9.97 Å². The van der Waals surface area contributed by atoms with Crippen LogP contribution >= 0.6 is 23.4 Å².